The second-order valence-electron chi connectivity index (χ2n) is 4.71. The Bertz CT molecular complexity index is 443. The fourth-order valence-corrected chi connectivity index (χ4v) is 1.96. The molecule has 1 aromatic carbocycles. The molecule has 0 saturated carbocycles. The molecule has 0 bridgehead atoms. The Morgan fingerprint density at radius 1 is 1.32 bits per heavy atom. The van der Waals surface area contributed by atoms with Crippen molar-refractivity contribution in [3.05, 3.63) is 28.8 Å². The van der Waals surface area contributed by atoms with Gasteiger partial charge in [-0.25, -0.2) is 0 Å². The van der Waals surface area contributed by atoms with Gasteiger partial charge in [-0.05, 0) is 50.6 Å². The molecule has 0 amide bonds. The number of esters is 1. The molecular formula is C15H23NO3. The Morgan fingerprint density at radius 2 is 2.00 bits per heavy atom. The number of hydrogen-bond donors (Lipinski definition) is 1. The molecule has 1 rings (SSSR count). The van der Waals surface area contributed by atoms with Crippen LogP contribution in [0.15, 0.2) is 12.1 Å². The van der Waals surface area contributed by atoms with E-state index in [-0.39, 0.29) is 12.0 Å². The van der Waals surface area contributed by atoms with Gasteiger partial charge in [-0.1, -0.05) is 6.07 Å². The number of hydrogen-bond acceptors (Lipinski definition) is 4. The van der Waals surface area contributed by atoms with Crippen molar-refractivity contribution in [3.8, 4) is 5.75 Å². The van der Waals surface area contributed by atoms with Crippen LogP contribution in [0.3, 0.4) is 0 Å². The van der Waals surface area contributed by atoms with Gasteiger partial charge in [-0.15, -0.1) is 0 Å². The predicted octanol–water partition coefficient (Wildman–Crippen LogP) is 2.14. The van der Waals surface area contributed by atoms with Crippen LogP contribution in [0, 0.1) is 20.8 Å². The fraction of sp³-hybridized carbons (Fsp3) is 0.533. The van der Waals surface area contributed by atoms with Gasteiger partial charge >= 0.3 is 5.97 Å². The molecule has 0 radical (unpaired) electrons. The fourth-order valence-electron chi connectivity index (χ4n) is 1.96. The zero-order valence-corrected chi connectivity index (χ0v) is 12.4. The van der Waals surface area contributed by atoms with Crippen LogP contribution in [0.4, 0.5) is 0 Å². The van der Waals surface area contributed by atoms with Gasteiger partial charge in [-0.3, -0.25) is 4.79 Å². The summed E-state index contributed by atoms with van der Waals surface area (Å²) in [5, 5.41) is 2.92. The Kier molecular flexibility index (Phi) is 5.83. The van der Waals surface area contributed by atoms with Gasteiger partial charge in [0, 0.05) is 6.42 Å². The molecule has 0 fully saturated rings. The number of likely N-dealkylation sites (N-methyl/N-ethyl adjacent to an activating group) is 1. The lowest BCUT2D eigenvalue weighted by Gasteiger charge is -2.16. The Morgan fingerprint density at radius 3 is 2.58 bits per heavy atom. The van der Waals surface area contributed by atoms with Crippen molar-refractivity contribution in [1.82, 2.24) is 5.32 Å². The number of methoxy groups -OCH3 is 1. The minimum Gasteiger partial charge on any atom is -0.493 e. The highest BCUT2D eigenvalue weighted by Crippen LogP contribution is 2.23. The molecule has 0 heterocycles. The van der Waals surface area contributed by atoms with Gasteiger partial charge in [0.05, 0.1) is 13.7 Å². The highest BCUT2D eigenvalue weighted by atomic mass is 16.5. The summed E-state index contributed by atoms with van der Waals surface area (Å²) < 4.78 is 10.5. The van der Waals surface area contributed by atoms with Crippen molar-refractivity contribution >= 4 is 5.97 Å². The quantitative estimate of drug-likeness (QED) is 0.801. The summed E-state index contributed by atoms with van der Waals surface area (Å²) in [6.45, 7) is 6.63. The number of nitrogens with one attached hydrogen (secondary N) is 1. The van der Waals surface area contributed by atoms with Crippen LogP contribution in [0.5, 0.6) is 5.75 Å². The summed E-state index contributed by atoms with van der Waals surface area (Å²) in [5.41, 5.74) is 3.54. The van der Waals surface area contributed by atoms with E-state index in [1.54, 1.807) is 7.05 Å². The first-order chi connectivity index (χ1) is 8.99. The first-order valence-electron chi connectivity index (χ1n) is 6.45. The lowest BCUT2D eigenvalue weighted by atomic mass is 10.1. The Labute approximate surface area is 115 Å². The van der Waals surface area contributed by atoms with E-state index in [1.165, 1.54) is 18.2 Å². The van der Waals surface area contributed by atoms with Crippen LogP contribution in [-0.4, -0.2) is 32.8 Å². The number of ether oxygens (including phenoxy) is 2. The van der Waals surface area contributed by atoms with Crippen molar-refractivity contribution < 1.29 is 14.3 Å². The van der Waals surface area contributed by atoms with E-state index in [4.69, 9.17) is 9.47 Å². The molecule has 0 aliphatic rings. The van der Waals surface area contributed by atoms with Gasteiger partial charge in [0.25, 0.3) is 0 Å². The summed E-state index contributed by atoms with van der Waals surface area (Å²) in [6, 6.07) is 3.83. The maximum Gasteiger partial charge on any atom is 0.322 e. The Hall–Kier alpha value is -1.55. The van der Waals surface area contributed by atoms with Crippen LogP contribution < -0.4 is 10.1 Å². The minimum absolute atomic E-state index is 0.261. The van der Waals surface area contributed by atoms with Crippen LogP contribution >= 0.6 is 0 Å². The van der Waals surface area contributed by atoms with Gasteiger partial charge < -0.3 is 14.8 Å². The number of carbonyl (C=O) groups is 1. The van der Waals surface area contributed by atoms with Gasteiger partial charge in [-0.2, -0.15) is 0 Å². The zero-order chi connectivity index (χ0) is 14.4. The van der Waals surface area contributed by atoms with Gasteiger partial charge in [0.2, 0.25) is 0 Å². The maximum atomic E-state index is 11.4. The molecule has 106 valence electrons. The third kappa shape index (κ3) is 4.24. The molecule has 1 N–H and O–H groups in total. The second-order valence-corrected chi connectivity index (χ2v) is 4.71. The molecule has 1 atom stereocenters. The van der Waals surface area contributed by atoms with Gasteiger partial charge in [0.1, 0.15) is 11.8 Å². The smallest absolute Gasteiger partial charge is 0.322 e. The van der Waals surface area contributed by atoms with E-state index in [0.29, 0.717) is 13.0 Å². The average molecular weight is 265 g/mol. The Balaban J connectivity index is 2.60. The van der Waals surface area contributed by atoms with E-state index in [1.807, 2.05) is 19.9 Å². The van der Waals surface area contributed by atoms with Crippen LogP contribution in [-0.2, 0) is 9.53 Å². The van der Waals surface area contributed by atoms with E-state index >= 15 is 0 Å². The molecular weight excluding hydrogens is 242 g/mol. The first-order valence-corrected chi connectivity index (χ1v) is 6.45. The highest BCUT2D eigenvalue weighted by molar-refractivity contribution is 5.75. The third-order valence-corrected chi connectivity index (χ3v) is 3.26. The van der Waals surface area contributed by atoms with Crippen molar-refractivity contribution in [3.63, 3.8) is 0 Å². The number of carbonyl (C=O) groups excluding carboxylic acids is 1. The predicted molar refractivity (Wildman–Crippen MR) is 75.6 cm³/mol. The minimum atomic E-state index is -0.323. The van der Waals surface area contributed by atoms with Crippen molar-refractivity contribution in [1.29, 1.82) is 0 Å². The molecule has 0 saturated heterocycles. The summed E-state index contributed by atoms with van der Waals surface area (Å²) in [5.74, 6) is 0.625. The number of aryl methyl sites for hydroxylation is 2. The molecule has 0 aliphatic carbocycles. The molecule has 0 aliphatic heterocycles. The standard InChI is InChI=1S/C15H23NO3/c1-10-8-11(2)12(3)14(9-10)19-7-6-13(16-4)15(17)18-5/h8-9,13,16H,6-7H2,1-5H3. The highest BCUT2D eigenvalue weighted by Gasteiger charge is 2.16. The van der Waals surface area contributed by atoms with Crippen molar-refractivity contribution in [2.45, 2.75) is 33.2 Å². The van der Waals surface area contributed by atoms with Crippen LogP contribution in [0.1, 0.15) is 23.1 Å². The second kappa shape index (κ2) is 7.14. The third-order valence-electron chi connectivity index (χ3n) is 3.26. The number of rotatable bonds is 6. The van der Waals surface area contributed by atoms with Crippen molar-refractivity contribution in [2.75, 3.05) is 20.8 Å². The lowest BCUT2D eigenvalue weighted by molar-refractivity contribution is -0.143. The summed E-state index contributed by atoms with van der Waals surface area (Å²) >= 11 is 0. The average Bonchev–Trinajstić information content (AvgIpc) is 2.39. The first kappa shape index (κ1) is 15.5. The molecule has 19 heavy (non-hydrogen) atoms. The van der Waals surface area contributed by atoms with Crippen LogP contribution in [0.25, 0.3) is 0 Å². The molecule has 0 aromatic heterocycles. The molecule has 1 unspecified atom stereocenters. The molecule has 1 aromatic rings. The van der Waals surface area contributed by atoms with E-state index in [0.717, 1.165) is 11.3 Å². The van der Waals surface area contributed by atoms with E-state index in [2.05, 4.69) is 18.3 Å². The van der Waals surface area contributed by atoms with Crippen molar-refractivity contribution in [2.24, 2.45) is 0 Å². The lowest BCUT2D eigenvalue weighted by Crippen LogP contribution is -2.36. The van der Waals surface area contributed by atoms with E-state index < -0.39 is 0 Å². The molecule has 0 spiro atoms. The summed E-state index contributed by atoms with van der Waals surface area (Å²) in [6.07, 6.45) is 0.579. The topological polar surface area (TPSA) is 47.6 Å². The molecule has 4 heteroatoms. The maximum absolute atomic E-state index is 11.4. The largest absolute Gasteiger partial charge is 0.493 e. The molecule has 4 nitrogen and oxygen atoms in total. The zero-order valence-electron chi connectivity index (χ0n) is 12.4. The SMILES string of the molecule is CNC(CCOc1cc(C)cc(C)c1C)C(=O)OC. The number of benzene rings is 1. The monoisotopic (exact) mass is 265 g/mol. The summed E-state index contributed by atoms with van der Waals surface area (Å²) in [4.78, 5) is 11.4. The van der Waals surface area contributed by atoms with Crippen LogP contribution in [0.2, 0.25) is 0 Å². The van der Waals surface area contributed by atoms with Gasteiger partial charge in [0.15, 0.2) is 0 Å². The summed E-state index contributed by atoms with van der Waals surface area (Å²) in [7, 11) is 3.13. The van der Waals surface area contributed by atoms with E-state index in [9.17, 15) is 4.79 Å². The normalized spacial score (nSPS) is 12.1.